The van der Waals surface area contributed by atoms with E-state index in [1.165, 1.54) is 22.6 Å². The lowest BCUT2D eigenvalue weighted by molar-refractivity contribution is -0.138. The van der Waals surface area contributed by atoms with Crippen LogP contribution in [0.2, 0.25) is 0 Å². The van der Waals surface area contributed by atoms with Gasteiger partial charge < -0.3 is 10.4 Å². The average molecular weight is 265 g/mol. The van der Waals surface area contributed by atoms with E-state index in [0.29, 0.717) is 6.42 Å². The summed E-state index contributed by atoms with van der Waals surface area (Å²) in [4.78, 5) is 12.7. The second kappa shape index (κ2) is 6.25. The predicted octanol–water partition coefficient (Wildman–Crippen LogP) is 2.50. The molecule has 98 valence electrons. The molecule has 3 nitrogen and oxygen atoms in total. The maximum Gasteiger partial charge on any atom is 0.311 e. The van der Waals surface area contributed by atoms with Gasteiger partial charge in [0.1, 0.15) is 0 Å². The van der Waals surface area contributed by atoms with Crippen LogP contribution in [0.4, 0.5) is 0 Å². The Labute approximate surface area is 112 Å². The summed E-state index contributed by atoms with van der Waals surface area (Å²) < 4.78 is 0. The molecule has 0 spiro atoms. The maximum absolute atomic E-state index is 11.3. The summed E-state index contributed by atoms with van der Waals surface area (Å²) in [6.45, 7) is 0.725. The monoisotopic (exact) mass is 265 g/mol. The molecule has 0 saturated carbocycles. The van der Waals surface area contributed by atoms with Gasteiger partial charge in [0.15, 0.2) is 0 Å². The summed E-state index contributed by atoms with van der Waals surface area (Å²) in [5.41, 5.74) is 2.26. The Morgan fingerprint density at radius 2 is 2.39 bits per heavy atom. The normalized spacial score (nSPS) is 16.1. The zero-order valence-electron chi connectivity index (χ0n) is 10.6. The molecule has 1 atom stereocenters. The van der Waals surface area contributed by atoms with Crippen molar-refractivity contribution in [1.82, 2.24) is 5.32 Å². The first kappa shape index (κ1) is 13.4. The lowest BCUT2D eigenvalue weighted by Gasteiger charge is -2.19. The molecule has 0 radical (unpaired) electrons. The number of carbonyl (C=O) groups is 1. The molecule has 18 heavy (non-hydrogen) atoms. The summed E-state index contributed by atoms with van der Waals surface area (Å²) in [6.07, 6.45) is 2.90. The molecule has 1 aliphatic heterocycles. The van der Waals surface area contributed by atoms with Gasteiger partial charge in [-0.1, -0.05) is 12.1 Å². The number of aryl methyl sites for hydroxylation is 1. The highest BCUT2D eigenvalue weighted by molar-refractivity contribution is 7.99. The van der Waals surface area contributed by atoms with Crippen LogP contribution in [0.15, 0.2) is 23.1 Å². The van der Waals surface area contributed by atoms with E-state index in [1.54, 1.807) is 0 Å². The van der Waals surface area contributed by atoms with Gasteiger partial charge in [-0.2, -0.15) is 0 Å². The van der Waals surface area contributed by atoms with Crippen LogP contribution in [0.1, 0.15) is 29.9 Å². The van der Waals surface area contributed by atoms with Crippen molar-refractivity contribution in [3.8, 4) is 0 Å². The van der Waals surface area contributed by atoms with E-state index in [-0.39, 0.29) is 0 Å². The van der Waals surface area contributed by atoms with Gasteiger partial charge in [-0.25, -0.2) is 0 Å². The van der Waals surface area contributed by atoms with Crippen molar-refractivity contribution in [2.75, 3.05) is 19.3 Å². The minimum atomic E-state index is -0.728. The SMILES string of the molecule is CNCCC(C(=O)O)c1ccc2c(c1)CCCS2. The molecule has 2 N–H and O–H groups in total. The first-order valence-electron chi connectivity index (χ1n) is 6.35. The molecule has 0 aliphatic carbocycles. The highest BCUT2D eigenvalue weighted by Crippen LogP contribution is 2.32. The van der Waals surface area contributed by atoms with Crippen LogP contribution >= 0.6 is 11.8 Å². The van der Waals surface area contributed by atoms with E-state index >= 15 is 0 Å². The van der Waals surface area contributed by atoms with Gasteiger partial charge in [-0.3, -0.25) is 4.79 Å². The highest BCUT2D eigenvalue weighted by atomic mass is 32.2. The van der Waals surface area contributed by atoms with Gasteiger partial charge in [0, 0.05) is 4.90 Å². The van der Waals surface area contributed by atoms with Crippen molar-refractivity contribution >= 4 is 17.7 Å². The minimum absolute atomic E-state index is 0.394. The Morgan fingerprint density at radius 3 is 3.11 bits per heavy atom. The second-order valence-electron chi connectivity index (χ2n) is 4.60. The summed E-state index contributed by atoms with van der Waals surface area (Å²) >= 11 is 1.88. The lowest BCUT2D eigenvalue weighted by atomic mass is 9.93. The number of hydrogen-bond acceptors (Lipinski definition) is 3. The maximum atomic E-state index is 11.3. The van der Waals surface area contributed by atoms with Crippen molar-refractivity contribution in [2.45, 2.75) is 30.1 Å². The molecule has 1 aromatic carbocycles. The van der Waals surface area contributed by atoms with Crippen LogP contribution in [0, 0.1) is 0 Å². The Balaban J connectivity index is 2.22. The zero-order valence-corrected chi connectivity index (χ0v) is 11.4. The number of rotatable bonds is 5. The van der Waals surface area contributed by atoms with E-state index < -0.39 is 11.9 Å². The summed E-state index contributed by atoms with van der Waals surface area (Å²) in [7, 11) is 1.85. The number of carboxylic acids is 1. The Bertz CT molecular complexity index is 434. The van der Waals surface area contributed by atoms with E-state index in [1.807, 2.05) is 24.9 Å². The molecule has 0 aromatic heterocycles. The molecule has 0 fully saturated rings. The quantitative estimate of drug-likeness (QED) is 0.859. The van der Waals surface area contributed by atoms with Crippen LogP contribution in [-0.2, 0) is 11.2 Å². The number of aliphatic carboxylic acids is 1. The molecule has 0 bridgehead atoms. The molecule has 2 rings (SSSR count). The summed E-state index contributed by atoms with van der Waals surface area (Å²) in [5, 5.41) is 12.3. The van der Waals surface area contributed by atoms with Crippen molar-refractivity contribution in [1.29, 1.82) is 0 Å². The molecule has 1 aliphatic rings. The van der Waals surface area contributed by atoms with Crippen molar-refractivity contribution < 1.29 is 9.90 Å². The summed E-state index contributed by atoms with van der Waals surface area (Å²) in [5.74, 6) is 0.0532. The number of benzene rings is 1. The van der Waals surface area contributed by atoms with Gasteiger partial charge in [0.25, 0.3) is 0 Å². The van der Waals surface area contributed by atoms with Gasteiger partial charge in [-0.05, 0) is 55.8 Å². The van der Waals surface area contributed by atoms with Crippen LogP contribution in [0.25, 0.3) is 0 Å². The minimum Gasteiger partial charge on any atom is -0.481 e. The van der Waals surface area contributed by atoms with Gasteiger partial charge in [0.2, 0.25) is 0 Å². The molecular weight excluding hydrogens is 246 g/mol. The fraction of sp³-hybridized carbons (Fsp3) is 0.500. The number of nitrogens with one attached hydrogen (secondary N) is 1. The van der Waals surface area contributed by atoms with Gasteiger partial charge >= 0.3 is 5.97 Å². The molecule has 1 heterocycles. The third kappa shape index (κ3) is 3.06. The van der Waals surface area contributed by atoms with Crippen molar-refractivity contribution in [3.05, 3.63) is 29.3 Å². The van der Waals surface area contributed by atoms with Crippen LogP contribution in [0.3, 0.4) is 0 Å². The number of hydrogen-bond donors (Lipinski definition) is 2. The van der Waals surface area contributed by atoms with E-state index in [9.17, 15) is 9.90 Å². The number of fused-ring (bicyclic) bond motifs is 1. The third-order valence-electron chi connectivity index (χ3n) is 3.32. The topological polar surface area (TPSA) is 49.3 Å². The third-order valence-corrected chi connectivity index (χ3v) is 4.52. The number of thioether (sulfide) groups is 1. The van der Waals surface area contributed by atoms with Crippen LogP contribution in [0.5, 0.6) is 0 Å². The van der Waals surface area contributed by atoms with E-state index in [4.69, 9.17) is 0 Å². The molecule has 1 aromatic rings. The predicted molar refractivity (Wildman–Crippen MR) is 74.4 cm³/mol. The smallest absolute Gasteiger partial charge is 0.311 e. The Hall–Kier alpha value is -1.00. The zero-order chi connectivity index (χ0) is 13.0. The van der Waals surface area contributed by atoms with Crippen LogP contribution in [-0.4, -0.2) is 30.4 Å². The van der Waals surface area contributed by atoms with Crippen molar-refractivity contribution in [3.63, 3.8) is 0 Å². The average Bonchev–Trinajstić information content (AvgIpc) is 2.38. The first-order chi connectivity index (χ1) is 8.72. The Kier molecular flexibility index (Phi) is 4.66. The number of carboxylic acid groups (broad SMARTS) is 1. The second-order valence-corrected chi connectivity index (χ2v) is 5.74. The Morgan fingerprint density at radius 1 is 1.56 bits per heavy atom. The first-order valence-corrected chi connectivity index (χ1v) is 7.34. The lowest BCUT2D eigenvalue weighted by Crippen LogP contribution is -2.18. The fourth-order valence-corrected chi connectivity index (χ4v) is 3.34. The van der Waals surface area contributed by atoms with Crippen molar-refractivity contribution in [2.24, 2.45) is 0 Å². The van der Waals surface area contributed by atoms with Gasteiger partial charge in [-0.15, -0.1) is 11.8 Å². The van der Waals surface area contributed by atoms with E-state index in [2.05, 4.69) is 17.4 Å². The molecule has 1 unspecified atom stereocenters. The highest BCUT2D eigenvalue weighted by Gasteiger charge is 2.21. The molecule has 4 heteroatoms. The van der Waals surface area contributed by atoms with E-state index in [0.717, 1.165) is 18.5 Å². The largest absolute Gasteiger partial charge is 0.481 e. The summed E-state index contributed by atoms with van der Waals surface area (Å²) in [6, 6.07) is 6.16. The molecular formula is C14H19NO2S. The van der Waals surface area contributed by atoms with Gasteiger partial charge in [0.05, 0.1) is 5.92 Å². The van der Waals surface area contributed by atoms with Crippen LogP contribution < -0.4 is 5.32 Å². The standard InChI is InChI=1S/C14H19NO2S/c1-15-7-6-12(14(16)17)10-4-5-13-11(9-10)3-2-8-18-13/h4-5,9,12,15H,2-3,6-8H2,1H3,(H,16,17). The molecule has 0 saturated heterocycles. The molecule has 0 amide bonds. The fourth-order valence-electron chi connectivity index (χ4n) is 2.32.